The predicted molar refractivity (Wildman–Crippen MR) is 56.8 cm³/mol. The summed E-state index contributed by atoms with van der Waals surface area (Å²) in [6.45, 7) is 6.16. The van der Waals surface area contributed by atoms with Crippen molar-refractivity contribution in [3.8, 4) is 0 Å². The average molecular weight is 185 g/mol. The molecule has 0 aliphatic heterocycles. The Labute approximate surface area is 80.6 Å². The maximum absolute atomic E-state index is 5.90. The van der Waals surface area contributed by atoms with Crippen molar-refractivity contribution in [3.63, 3.8) is 0 Å². The zero-order valence-electron chi connectivity index (χ0n) is 8.10. The Balaban J connectivity index is 0.000000561. The van der Waals surface area contributed by atoms with Crippen molar-refractivity contribution in [1.82, 2.24) is 0 Å². The lowest BCUT2D eigenvalue weighted by molar-refractivity contribution is 0.922. The first-order chi connectivity index (χ1) is 5.84. The van der Waals surface area contributed by atoms with Gasteiger partial charge in [-0.2, -0.15) is 0 Å². The van der Waals surface area contributed by atoms with Gasteiger partial charge in [-0.3, -0.25) is 0 Å². The standard InChI is InChI=1S/C9H11Cl.C2H6/c1-2-5-8-6-3-4-7-9(8)10;1-2/h3-4,6-7H,2,5H2,1H3;1-2H3. The van der Waals surface area contributed by atoms with Crippen LogP contribution in [0.15, 0.2) is 24.3 Å². The van der Waals surface area contributed by atoms with Crippen molar-refractivity contribution in [2.45, 2.75) is 33.6 Å². The van der Waals surface area contributed by atoms with Crippen LogP contribution in [0.3, 0.4) is 0 Å². The number of benzene rings is 1. The van der Waals surface area contributed by atoms with Gasteiger partial charge in [-0.05, 0) is 18.1 Å². The highest BCUT2D eigenvalue weighted by Crippen LogP contribution is 2.15. The Morgan fingerprint density at radius 2 is 1.75 bits per heavy atom. The smallest absolute Gasteiger partial charge is 0.0437 e. The topological polar surface area (TPSA) is 0 Å². The molecule has 0 unspecified atom stereocenters. The maximum Gasteiger partial charge on any atom is 0.0437 e. The van der Waals surface area contributed by atoms with Gasteiger partial charge in [-0.15, -0.1) is 0 Å². The van der Waals surface area contributed by atoms with E-state index in [9.17, 15) is 0 Å². The molecule has 68 valence electrons. The fraction of sp³-hybridized carbons (Fsp3) is 0.455. The van der Waals surface area contributed by atoms with E-state index in [0.717, 1.165) is 17.9 Å². The minimum absolute atomic E-state index is 0.893. The first-order valence-electron chi connectivity index (χ1n) is 4.58. The fourth-order valence-corrected chi connectivity index (χ4v) is 1.20. The molecule has 0 N–H and O–H groups in total. The molecule has 0 amide bonds. The molecule has 0 atom stereocenters. The molecule has 0 aliphatic carbocycles. The van der Waals surface area contributed by atoms with E-state index in [1.54, 1.807) is 0 Å². The minimum atomic E-state index is 0.893. The van der Waals surface area contributed by atoms with Crippen LogP contribution >= 0.6 is 11.6 Å². The third-order valence-corrected chi connectivity index (χ3v) is 1.85. The molecule has 0 aromatic heterocycles. The van der Waals surface area contributed by atoms with Crippen LogP contribution in [0.25, 0.3) is 0 Å². The second-order valence-electron chi connectivity index (χ2n) is 2.34. The van der Waals surface area contributed by atoms with Crippen LogP contribution in [0.1, 0.15) is 32.8 Å². The summed E-state index contributed by atoms with van der Waals surface area (Å²) in [4.78, 5) is 0. The quantitative estimate of drug-likeness (QED) is 0.642. The van der Waals surface area contributed by atoms with Crippen LogP contribution in [0.5, 0.6) is 0 Å². The lowest BCUT2D eigenvalue weighted by atomic mass is 10.1. The zero-order chi connectivity index (χ0) is 9.40. The van der Waals surface area contributed by atoms with Crippen LogP contribution in [0.4, 0.5) is 0 Å². The lowest BCUT2D eigenvalue weighted by Gasteiger charge is -1.99. The zero-order valence-corrected chi connectivity index (χ0v) is 8.86. The SMILES string of the molecule is CC.CCCc1ccccc1Cl. The van der Waals surface area contributed by atoms with Crippen molar-refractivity contribution in [3.05, 3.63) is 34.9 Å². The van der Waals surface area contributed by atoms with Gasteiger partial charge in [0.2, 0.25) is 0 Å². The molecule has 0 saturated carbocycles. The molecule has 0 radical (unpaired) electrons. The van der Waals surface area contributed by atoms with Crippen molar-refractivity contribution in [2.24, 2.45) is 0 Å². The summed E-state index contributed by atoms with van der Waals surface area (Å²) in [5, 5.41) is 0.893. The van der Waals surface area contributed by atoms with Crippen LogP contribution in [0.2, 0.25) is 5.02 Å². The average Bonchev–Trinajstić information content (AvgIpc) is 2.13. The van der Waals surface area contributed by atoms with Crippen LogP contribution < -0.4 is 0 Å². The molecular formula is C11H17Cl. The van der Waals surface area contributed by atoms with Gasteiger partial charge in [-0.25, -0.2) is 0 Å². The van der Waals surface area contributed by atoms with Crippen LogP contribution in [0, 0.1) is 0 Å². The van der Waals surface area contributed by atoms with Gasteiger partial charge in [0.05, 0.1) is 0 Å². The highest BCUT2D eigenvalue weighted by Gasteiger charge is 1.94. The Morgan fingerprint density at radius 1 is 1.17 bits per heavy atom. The van der Waals surface area contributed by atoms with E-state index >= 15 is 0 Å². The Hall–Kier alpha value is -0.490. The summed E-state index contributed by atoms with van der Waals surface area (Å²) in [5.74, 6) is 0. The number of halogens is 1. The molecule has 0 bridgehead atoms. The first-order valence-corrected chi connectivity index (χ1v) is 4.95. The van der Waals surface area contributed by atoms with E-state index < -0.39 is 0 Å². The number of hydrogen-bond acceptors (Lipinski definition) is 0. The second-order valence-corrected chi connectivity index (χ2v) is 2.75. The molecule has 12 heavy (non-hydrogen) atoms. The van der Waals surface area contributed by atoms with E-state index in [1.807, 2.05) is 32.0 Å². The van der Waals surface area contributed by atoms with Crippen LogP contribution in [-0.4, -0.2) is 0 Å². The molecule has 0 fully saturated rings. The molecule has 1 rings (SSSR count). The Morgan fingerprint density at radius 3 is 2.25 bits per heavy atom. The summed E-state index contributed by atoms with van der Waals surface area (Å²) in [6, 6.07) is 8.00. The molecule has 1 aromatic rings. The molecule has 1 heteroatoms. The number of rotatable bonds is 2. The number of aryl methyl sites for hydroxylation is 1. The van der Waals surface area contributed by atoms with Crippen molar-refractivity contribution >= 4 is 11.6 Å². The van der Waals surface area contributed by atoms with Crippen molar-refractivity contribution in [2.75, 3.05) is 0 Å². The molecule has 0 saturated heterocycles. The third-order valence-electron chi connectivity index (χ3n) is 1.48. The molecular weight excluding hydrogens is 168 g/mol. The third kappa shape index (κ3) is 3.77. The van der Waals surface area contributed by atoms with Gasteiger partial charge < -0.3 is 0 Å². The van der Waals surface area contributed by atoms with E-state index in [4.69, 9.17) is 11.6 Å². The van der Waals surface area contributed by atoms with Crippen molar-refractivity contribution in [1.29, 1.82) is 0 Å². The van der Waals surface area contributed by atoms with Gasteiger partial charge in [0.15, 0.2) is 0 Å². The van der Waals surface area contributed by atoms with E-state index in [2.05, 4.69) is 13.0 Å². The normalized spacial score (nSPS) is 8.67. The molecule has 0 aliphatic rings. The predicted octanol–water partition coefficient (Wildman–Crippen LogP) is 4.32. The van der Waals surface area contributed by atoms with Crippen molar-refractivity contribution < 1.29 is 0 Å². The summed E-state index contributed by atoms with van der Waals surface area (Å²) >= 11 is 5.90. The van der Waals surface area contributed by atoms with Gasteiger partial charge in [0.25, 0.3) is 0 Å². The minimum Gasteiger partial charge on any atom is -0.0840 e. The number of hydrogen-bond donors (Lipinski definition) is 0. The van der Waals surface area contributed by atoms with E-state index in [-0.39, 0.29) is 0 Å². The summed E-state index contributed by atoms with van der Waals surface area (Å²) < 4.78 is 0. The summed E-state index contributed by atoms with van der Waals surface area (Å²) in [7, 11) is 0. The van der Waals surface area contributed by atoms with Gasteiger partial charge in [0, 0.05) is 5.02 Å². The first kappa shape index (κ1) is 11.5. The largest absolute Gasteiger partial charge is 0.0840 e. The van der Waals surface area contributed by atoms with E-state index in [1.165, 1.54) is 5.56 Å². The highest BCUT2D eigenvalue weighted by molar-refractivity contribution is 6.31. The summed E-state index contributed by atoms with van der Waals surface area (Å²) in [5.41, 5.74) is 1.26. The Bertz CT molecular complexity index is 206. The highest BCUT2D eigenvalue weighted by atomic mass is 35.5. The molecule has 0 heterocycles. The Kier molecular flexibility index (Phi) is 6.88. The monoisotopic (exact) mass is 184 g/mol. The molecule has 0 spiro atoms. The molecule has 0 nitrogen and oxygen atoms in total. The summed E-state index contributed by atoms with van der Waals surface area (Å²) in [6.07, 6.45) is 2.24. The maximum atomic E-state index is 5.90. The second kappa shape index (κ2) is 7.17. The van der Waals surface area contributed by atoms with Gasteiger partial charge in [0.1, 0.15) is 0 Å². The van der Waals surface area contributed by atoms with Gasteiger partial charge in [-0.1, -0.05) is 57.0 Å². The fourth-order valence-electron chi connectivity index (χ4n) is 0.970. The van der Waals surface area contributed by atoms with E-state index in [0.29, 0.717) is 0 Å². The van der Waals surface area contributed by atoms with Gasteiger partial charge >= 0.3 is 0 Å². The van der Waals surface area contributed by atoms with Crippen LogP contribution in [-0.2, 0) is 6.42 Å². The lowest BCUT2D eigenvalue weighted by Crippen LogP contribution is -1.82. The molecule has 1 aromatic carbocycles.